The van der Waals surface area contributed by atoms with Gasteiger partial charge in [-0.1, -0.05) is 11.6 Å². The molecule has 3 aromatic heterocycles. The first-order valence-electron chi connectivity index (χ1n) is 8.00. The first-order chi connectivity index (χ1) is 13.0. The number of esters is 1. The average Bonchev–Trinajstić information content (AvgIpc) is 3.23. The second kappa shape index (κ2) is 6.81. The number of hydrogen-bond acceptors (Lipinski definition) is 5. The molecule has 0 unspecified atom stereocenters. The highest BCUT2D eigenvalue weighted by Gasteiger charge is 2.17. The fraction of sp³-hybridized carbons (Fsp3) is 0.111. The van der Waals surface area contributed by atoms with Gasteiger partial charge in [-0.3, -0.25) is 0 Å². The zero-order chi connectivity index (χ0) is 19.0. The van der Waals surface area contributed by atoms with E-state index >= 15 is 0 Å². The number of nitrogens with one attached hydrogen (secondary N) is 1. The van der Waals surface area contributed by atoms with E-state index in [1.165, 1.54) is 16.8 Å². The molecule has 1 N–H and O–H groups in total. The van der Waals surface area contributed by atoms with E-state index in [2.05, 4.69) is 20.1 Å². The maximum atomic E-state index is 13.1. The Balaban J connectivity index is 1.50. The van der Waals surface area contributed by atoms with E-state index in [4.69, 9.17) is 16.3 Å². The van der Waals surface area contributed by atoms with E-state index in [-0.39, 0.29) is 18.1 Å². The predicted octanol–water partition coefficient (Wildman–Crippen LogP) is 3.60. The summed E-state index contributed by atoms with van der Waals surface area (Å²) in [5.74, 6) is -0.479. The van der Waals surface area contributed by atoms with Crippen molar-refractivity contribution < 1.29 is 13.9 Å². The number of nitrogens with zero attached hydrogens (tertiary/aromatic N) is 4. The van der Waals surface area contributed by atoms with E-state index in [0.717, 1.165) is 0 Å². The van der Waals surface area contributed by atoms with Crippen LogP contribution < -0.4 is 0 Å². The number of imidazole rings is 1. The van der Waals surface area contributed by atoms with Gasteiger partial charge in [-0.25, -0.2) is 23.8 Å². The summed E-state index contributed by atoms with van der Waals surface area (Å²) in [7, 11) is 0. The van der Waals surface area contributed by atoms with Crippen LogP contribution in [-0.2, 0) is 11.3 Å². The quantitative estimate of drug-likeness (QED) is 0.428. The number of halogens is 2. The molecule has 0 aliphatic heterocycles. The number of carbonyl (C=O) groups is 1. The van der Waals surface area contributed by atoms with Crippen molar-refractivity contribution in [1.29, 1.82) is 0 Å². The molecule has 0 aliphatic rings. The number of pyridine rings is 1. The lowest BCUT2D eigenvalue weighted by atomic mass is 10.3. The third-order valence-corrected chi connectivity index (χ3v) is 4.09. The molecular formula is C18H13ClFN5O2. The van der Waals surface area contributed by atoms with Gasteiger partial charge in [-0.15, -0.1) is 0 Å². The number of benzene rings is 1. The van der Waals surface area contributed by atoms with Crippen LogP contribution in [0.3, 0.4) is 0 Å². The molecule has 0 saturated heterocycles. The maximum absolute atomic E-state index is 13.1. The summed E-state index contributed by atoms with van der Waals surface area (Å²) in [6.45, 7) is 1.69. The van der Waals surface area contributed by atoms with Crippen molar-refractivity contribution in [1.82, 2.24) is 24.7 Å². The molecule has 0 fully saturated rings. The third kappa shape index (κ3) is 3.52. The van der Waals surface area contributed by atoms with Crippen molar-refractivity contribution in [2.75, 3.05) is 0 Å². The Bertz CT molecular complexity index is 1140. The molecule has 0 saturated carbocycles. The van der Waals surface area contributed by atoms with Crippen LogP contribution in [0.1, 0.15) is 21.9 Å². The van der Waals surface area contributed by atoms with Crippen LogP contribution in [-0.4, -0.2) is 30.7 Å². The molecule has 0 amide bonds. The molecule has 0 bridgehead atoms. The molecule has 9 heteroatoms. The minimum atomic E-state index is -0.584. The summed E-state index contributed by atoms with van der Waals surface area (Å²) in [6, 6.07) is 9.19. The molecule has 3 heterocycles. The number of fused-ring (bicyclic) bond motifs is 1. The van der Waals surface area contributed by atoms with Gasteiger partial charge in [0.15, 0.2) is 11.3 Å². The van der Waals surface area contributed by atoms with Gasteiger partial charge in [0.2, 0.25) is 0 Å². The predicted molar refractivity (Wildman–Crippen MR) is 96.3 cm³/mol. The van der Waals surface area contributed by atoms with Gasteiger partial charge in [0.05, 0.1) is 11.2 Å². The summed E-state index contributed by atoms with van der Waals surface area (Å²) in [5, 5.41) is 4.57. The molecule has 136 valence electrons. The third-order valence-electron chi connectivity index (χ3n) is 3.88. The molecule has 1 aromatic carbocycles. The van der Waals surface area contributed by atoms with Crippen LogP contribution >= 0.6 is 11.6 Å². The summed E-state index contributed by atoms with van der Waals surface area (Å²) in [6.07, 6.45) is 1.68. The molecule has 0 aliphatic carbocycles. The van der Waals surface area contributed by atoms with Gasteiger partial charge in [0.25, 0.3) is 0 Å². The van der Waals surface area contributed by atoms with Crippen LogP contribution in [0.15, 0.2) is 42.6 Å². The molecule has 0 atom stereocenters. The Labute approximate surface area is 157 Å². The highest BCUT2D eigenvalue weighted by molar-refractivity contribution is 6.29. The number of rotatable bonds is 4. The lowest BCUT2D eigenvalue weighted by Crippen LogP contribution is -2.09. The Hall–Kier alpha value is -3.26. The fourth-order valence-electron chi connectivity index (χ4n) is 2.58. The second-order valence-electron chi connectivity index (χ2n) is 5.85. The fourth-order valence-corrected chi connectivity index (χ4v) is 2.72. The van der Waals surface area contributed by atoms with Crippen molar-refractivity contribution in [3.8, 4) is 5.69 Å². The topological polar surface area (TPSA) is 85.7 Å². The largest absolute Gasteiger partial charge is 0.453 e. The van der Waals surface area contributed by atoms with E-state index in [1.54, 1.807) is 37.4 Å². The molecular weight excluding hydrogens is 373 g/mol. The lowest BCUT2D eigenvalue weighted by molar-refractivity contribution is 0.0455. The van der Waals surface area contributed by atoms with E-state index in [0.29, 0.717) is 33.4 Å². The second-order valence-corrected chi connectivity index (χ2v) is 6.23. The number of ether oxygens (including phenoxy) is 1. The van der Waals surface area contributed by atoms with Gasteiger partial charge < -0.3 is 9.72 Å². The van der Waals surface area contributed by atoms with Crippen molar-refractivity contribution >= 4 is 28.7 Å². The minimum absolute atomic E-state index is 0.0599. The number of aromatic amines is 1. The Kier molecular flexibility index (Phi) is 4.33. The van der Waals surface area contributed by atoms with Crippen molar-refractivity contribution in [2.45, 2.75) is 13.5 Å². The normalized spacial score (nSPS) is 11.1. The number of aromatic nitrogens is 5. The Morgan fingerprint density at radius 1 is 1.22 bits per heavy atom. The maximum Gasteiger partial charge on any atom is 0.359 e. The van der Waals surface area contributed by atoms with Crippen molar-refractivity contribution in [2.24, 2.45) is 0 Å². The minimum Gasteiger partial charge on any atom is -0.453 e. The van der Waals surface area contributed by atoms with Gasteiger partial charge >= 0.3 is 5.97 Å². The standard InChI is InChI=1S/C18H13ClFN5O2/c1-10-8-25(12-4-2-11(20)3-5-12)24-16(10)18(26)27-9-15-21-13-6-7-14(19)22-17(13)23-15/h2-8H,9H2,1H3,(H,21,22,23). The Morgan fingerprint density at radius 2 is 2.00 bits per heavy atom. The number of carbonyl (C=O) groups excluding carboxylic acids is 1. The van der Waals surface area contributed by atoms with Crippen LogP contribution in [0.25, 0.3) is 16.9 Å². The molecule has 0 spiro atoms. The van der Waals surface area contributed by atoms with Gasteiger partial charge in [0.1, 0.15) is 23.4 Å². The first kappa shape index (κ1) is 17.2. The zero-order valence-corrected chi connectivity index (χ0v) is 14.9. The SMILES string of the molecule is Cc1cn(-c2ccc(F)cc2)nc1C(=O)OCc1nc2nc(Cl)ccc2[nH]1. The van der Waals surface area contributed by atoms with E-state index in [9.17, 15) is 9.18 Å². The average molecular weight is 386 g/mol. The van der Waals surface area contributed by atoms with Crippen molar-refractivity contribution in [3.63, 3.8) is 0 Å². The van der Waals surface area contributed by atoms with Crippen LogP contribution in [0.5, 0.6) is 0 Å². The number of hydrogen-bond donors (Lipinski definition) is 1. The van der Waals surface area contributed by atoms with E-state index in [1.807, 2.05) is 0 Å². The zero-order valence-electron chi connectivity index (χ0n) is 14.1. The van der Waals surface area contributed by atoms with Crippen LogP contribution in [0, 0.1) is 12.7 Å². The van der Waals surface area contributed by atoms with Crippen molar-refractivity contribution in [3.05, 3.63) is 70.6 Å². The molecule has 7 nitrogen and oxygen atoms in total. The highest BCUT2D eigenvalue weighted by atomic mass is 35.5. The number of H-pyrrole nitrogens is 1. The van der Waals surface area contributed by atoms with E-state index < -0.39 is 5.97 Å². The summed E-state index contributed by atoms with van der Waals surface area (Å²) in [4.78, 5) is 23.7. The molecule has 0 radical (unpaired) electrons. The molecule has 27 heavy (non-hydrogen) atoms. The monoisotopic (exact) mass is 385 g/mol. The summed E-state index contributed by atoms with van der Waals surface area (Å²) < 4.78 is 19.8. The van der Waals surface area contributed by atoms with Crippen LogP contribution in [0.4, 0.5) is 4.39 Å². The summed E-state index contributed by atoms with van der Waals surface area (Å²) in [5.41, 5.74) is 2.60. The number of aryl methyl sites for hydroxylation is 1. The highest BCUT2D eigenvalue weighted by Crippen LogP contribution is 2.16. The summed E-state index contributed by atoms with van der Waals surface area (Å²) >= 11 is 5.83. The Morgan fingerprint density at radius 3 is 2.78 bits per heavy atom. The van der Waals surface area contributed by atoms with Gasteiger partial charge in [-0.2, -0.15) is 5.10 Å². The van der Waals surface area contributed by atoms with Gasteiger partial charge in [0, 0.05) is 11.8 Å². The molecule has 4 rings (SSSR count). The smallest absolute Gasteiger partial charge is 0.359 e. The first-order valence-corrected chi connectivity index (χ1v) is 8.38. The van der Waals surface area contributed by atoms with Gasteiger partial charge in [-0.05, 0) is 43.3 Å². The molecule has 4 aromatic rings. The lowest BCUT2D eigenvalue weighted by Gasteiger charge is -2.02. The van der Waals surface area contributed by atoms with Crippen LogP contribution in [0.2, 0.25) is 5.15 Å².